The summed E-state index contributed by atoms with van der Waals surface area (Å²) in [5, 5.41) is 11.3. The molecule has 0 amide bonds. The van der Waals surface area contributed by atoms with Crippen LogP contribution in [0, 0.1) is 0 Å². The molecule has 5 heteroatoms. The maximum atomic E-state index is 11.3. The van der Waals surface area contributed by atoms with E-state index >= 15 is 0 Å². The van der Waals surface area contributed by atoms with Crippen LogP contribution in [0.5, 0.6) is 17.2 Å². The van der Waals surface area contributed by atoms with Gasteiger partial charge in [-0.1, -0.05) is 37.3 Å². The van der Waals surface area contributed by atoms with Crippen molar-refractivity contribution < 1.29 is 19.3 Å². The lowest BCUT2D eigenvalue weighted by atomic mass is 9.86. The van der Waals surface area contributed by atoms with Crippen molar-refractivity contribution in [2.24, 2.45) is 0 Å². The third-order valence-electron chi connectivity index (χ3n) is 6.11. The van der Waals surface area contributed by atoms with Crippen LogP contribution in [-0.2, 0) is 6.42 Å². The smallest absolute Gasteiger partial charge is 0.161 e. The topological polar surface area (TPSA) is 51.2 Å². The molecule has 0 aliphatic carbocycles. The monoisotopic (exact) mass is 433 g/mol. The zero-order chi connectivity index (χ0) is 22.7. The molecule has 32 heavy (non-hydrogen) atoms. The van der Waals surface area contributed by atoms with Gasteiger partial charge in [0.2, 0.25) is 0 Å². The number of ether oxygens (including phenoxy) is 3. The van der Waals surface area contributed by atoms with E-state index in [4.69, 9.17) is 14.2 Å². The van der Waals surface area contributed by atoms with Crippen molar-refractivity contribution in [3.63, 3.8) is 0 Å². The van der Waals surface area contributed by atoms with Crippen molar-refractivity contribution in [3.8, 4) is 17.2 Å². The Morgan fingerprint density at radius 1 is 0.969 bits per heavy atom. The van der Waals surface area contributed by atoms with E-state index in [1.54, 1.807) is 14.2 Å². The Morgan fingerprint density at radius 2 is 1.69 bits per heavy atom. The number of fused-ring (bicyclic) bond motifs is 1. The molecule has 1 heterocycles. The van der Waals surface area contributed by atoms with E-state index in [9.17, 15) is 5.11 Å². The van der Waals surface area contributed by atoms with Gasteiger partial charge in [0.1, 0.15) is 12.0 Å². The first-order valence-electron chi connectivity index (χ1n) is 11.1. The zero-order valence-corrected chi connectivity index (χ0v) is 19.1. The third kappa shape index (κ3) is 4.26. The lowest BCUT2D eigenvalue weighted by Gasteiger charge is -2.43. The number of aliphatic hydroxyl groups excluding tert-OH is 1. The van der Waals surface area contributed by atoms with E-state index in [0.717, 1.165) is 40.3 Å². The maximum Gasteiger partial charge on any atom is 0.161 e. The van der Waals surface area contributed by atoms with Gasteiger partial charge in [-0.25, -0.2) is 0 Å². The predicted molar refractivity (Wildman–Crippen MR) is 127 cm³/mol. The Labute approximate surface area is 190 Å². The van der Waals surface area contributed by atoms with Gasteiger partial charge in [-0.2, -0.15) is 0 Å². The molecule has 1 aliphatic heterocycles. The lowest BCUT2D eigenvalue weighted by molar-refractivity contribution is 0.153. The second-order valence-corrected chi connectivity index (χ2v) is 8.14. The van der Waals surface area contributed by atoms with Crippen LogP contribution in [-0.4, -0.2) is 31.7 Å². The predicted octanol–water partition coefficient (Wildman–Crippen LogP) is 5.35. The van der Waals surface area contributed by atoms with Gasteiger partial charge in [-0.3, -0.25) is 0 Å². The van der Waals surface area contributed by atoms with Crippen LogP contribution in [0.4, 0.5) is 5.69 Å². The molecule has 1 aliphatic rings. The molecule has 168 valence electrons. The Hall–Kier alpha value is -3.18. The summed E-state index contributed by atoms with van der Waals surface area (Å²) < 4.78 is 17.2. The minimum absolute atomic E-state index is 0.0731. The molecule has 0 saturated carbocycles. The summed E-state index contributed by atoms with van der Waals surface area (Å²) in [6, 6.07) is 22.0. The Morgan fingerprint density at radius 3 is 2.31 bits per heavy atom. The average Bonchev–Trinajstić information content (AvgIpc) is 2.83. The highest BCUT2D eigenvalue weighted by atomic mass is 16.5. The summed E-state index contributed by atoms with van der Waals surface area (Å²) in [5.41, 5.74) is 4.20. The van der Waals surface area contributed by atoms with Gasteiger partial charge < -0.3 is 24.2 Å². The lowest BCUT2D eigenvalue weighted by Crippen LogP contribution is -2.44. The quantitative estimate of drug-likeness (QED) is 0.544. The normalized spacial score (nSPS) is 18.6. The fourth-order valence-corrected chi connectivity index (χ4v) is 4.27. The van der Waals surface area contributed by atoms with Crippen molar-refractivity contribution in [1.29, 1.82) is 0 Å². The Bertz CT molecular complexity index is 1040. The summed E-state index contributed by atoms with van der Waals surface area (Å²) >= 11 is 0. The first-order valence-corrected chi connectivity index (χ1v) is 11.1. The van der Waals surface area contributed by atoms with E-state index in [1.165, 1.54) is 0 Å². The molecule has 0 bridgehead atoms. The fraction of sp³-hybridized carbons (Fsp3) is 0.333. The second kappa shape index (κ2) is 9.53. The van der Waals surface area contributed by atoms with Crippen molar-refractivity contribution in [2.75, 3.05) is 19.1 Å². The van der Waals surface area contributed by atoms with E-state index in [0.29, 0.717) is 12.2 Å². The van der Waals surface area contributed by atoms with Gasteiger partial charge >= 0.3 is 0 Å². The molecule has 0 saturated heterocycles. The van der Waals surface area contributed by atoms with Crippen molar-refractivity contribution in [1.82, 2.24) is 0 Å². The summed E-state index contributed by atoms with van der Waals surface area (Å²) in [4.78, 5) is 2.07. The van der Waals surface area contributed by atoms with Crippen LogP contribution in [0.25, 0.3) is 0 Å². The van der Waals surface area contributed by atoms with Gasteiger partial charge in [0.05, 0.1) is 26.4 Å². The first-order chi connectivity index (χ1) is 15.5. The summed E-state index contributed by atoms with van der Waals surface area (Å²) in [6.07, 6.45) is 0.778. The van der Waals surface area contributed by atoms with Crippen molar-refractivity contribution >= 4 is 5.69 Å². The molecule has 3 aromatic rings. The summed E-state index contributed by atoms with van der Waals surface area (Å²) in [6.45, 7) is 4.16. The van der Waals surface area contributed by atoms with Gasteiger partial charge in [0.15, 0.2) is 11.5 Å². The number of hydrogen-bond donors (Lipinski definition) is 1. The molecule has 0 radical (unpaired) electrons. The number of aliphatic hydroxyl groups is 1. The van der Waals surface area contributed by atoms with Gasteiger partial charge in [0.25, 0.3) is 0 Å². The summed E-state index contributed by atoms with van der Waals surface area (Å²) in [5.74, 6) is 2.21. The highest BCUT2D eigenvalue weighted by Crippen LogP contribution is 2.44. The number of benzene rings is 3. The van der Waals surface area contributed by atoms with E-state index in [-0.39, 0.29) is 12.1 Å². The van der Waals surface area contributed by atoms with Crippen molar-refractivity contribution in [2.45, 2.75) is 45.1 Å². The van der Waals surface area contributed by atoms with Gasteiger partial charge in [0, 0.05) is 12.1 Å². The van der Waals surface area contributed by atoms with E-state index in [2.05, 4.69) is 36.9 Å². The minimum atomic E-state index is -0.688. The first kappa shape index (κ1) is 22.0. The van der Waals surface area contributed by atoms with E-state index in [1.807, 2.05) is 48.5 Å². The van der Waals surface area contributed by atoms with Crippen LogP contribution in [0.2, 0.25) is 0 Å². The Kier molecular flexibility index (Phi) is 6.56. The number of anilines is 1. The molecule has 3 aromatic carbocycles. The molecular weight excluding hydrogens is 402 g/mol. The molecule has 4 rings (SSSR count). The molecule has 5 nitrogen and oxygen atoms in total. The summed E-state index contributed by atoms with van der Waals surface area (Å²) in [7, 11) is 3.31. The number of hydrogen-bond acceptors (Lipinski definition) is 5. The molecule has 0 fully saturated rings. The highest BCUT2D eigenvalue weighted by molar-refractivity contribution is 5.60. The van der Waals surface area contributed by atoms with Crippen LogP contribution in [0.15, 0.2) is 66.7 Å². The highest BCUT2D eigenvalue weighted by Gasteiger charge is 2.36. The number of rotatable bonds is 7. The molecule has 1 N–H and O–H groups in total. The van der Waals surface area contributed by atoms with Gasteiger partial charge in [-0.05, 0) is 66.4 Å². The zero-order valence-electron chi connectivity index (χ0n) is 19.1. The van der Waals surface area contributed by atoms with Crippen LogP contribution >= 0.6 is 0 Å². The number of methoxy groups -OCH3 is 2. The van der Waals surface area contributed by atoms with Crippen LogP contribution < -0.4 is 19.1 Å². The average molecular weight is 434 g/mol. The van der Waals surface area contributed by atoms with Crippen LogP contribution in [0.3, 0.4) is 0 Å². The molecule has 3 atom stereocenters. The van der Waals surface area contributed by atoms with Gasteiger partial charge in [-0.15, -0.1) is 0 Å². The minimum Gasteiger partial charge on any atom is -0.497 e. The Balaban J connectivity index is 1.87. The van der Waals surface area contributed by atoms with Crippen molar-refractivity contribution in [3.05, 3.63) is 83.4 Å². The number of nitrogens with zero attached hydrogens (tertiary/aromatic N) is 1. The largest absolute Gasteiger partial charge is 0.497 e. The standard InChI is InChI=1S/C27H31NO4/c1-5-18(2)32-25-17-23-20(15-24(25)31-4)16-26(29)28(21-11-13-22(30-3)14-12-21)27(23)19-9-7-6-8-10-19/h6-15,17-18,26-27,29H,5,16H2,1-4H3. The van der Waals surface area contributed by atoms with Crippen LogP contribution in [0.1, 0.15) is 43.0 Å². The van der Waals surface area contributed by atoms with E-state index < -0.39 is 6.23 Å². The molecule has 0 spiro atoms. The molecule has 0 aromatic heterocycles. The fourth-order valence-electron chi connectivity index (χ4n) is 4.27. The SMILES string of the molecule is CCC(C)Oc1cc2c(cc1OC)CC(O)N(c1ccc(OC)cc1)C2c1ccccc1. The second-order valence-electron chi connectivity index (χ2n) is 8.14. The third-order valence-corrected chi connectivity index (χ3v) is 6.11. The molecular formula is C27H31NO4. The maximum absolute atomic E-state index is 11.3. The molecule has 3 unspecified atom stereocenters.